The predicted molar refractivity (Wildman–Crippen MR) is 53.1 cm³/mol. The van der Waals surface area contributed by atoms with E-state index in [1.54, 1.807) is 0 Å². The monoisotopic (exact) mass is 176 g/mol. The van der Waals surface area contributed by atoms with Crippen LogP contribution in [0.25, 0.3) is 0 Å². The number of rotatable bonds is 5. The van der Waals surface area contributed by atoms with Crippen molar-refractivity contribution in [2.45, 2.75) is 50.5 Å². The maximum absolute atomic E-state index is 8.77. The molecule has 0 heterocycles. The standard InChI is InChI=1S/C9H20OS/c1-5-8(2)11-9(3,4)6-7-10/h8,10H,5-7H2,1-4H3. The summed E-state index contributed by atoms with van der Waals surface area (Å²) in [4.78, 5) is 0. The van der Waals surface area contributed by atoms with Crippen molar-refractivity contribution in [3.05, 3.63) is 0 Å². The Hall–Kier alpha value is 0.310. The van der Waals surface area contributed by atoms with Gasteiger partial charge < -0.3 is 5.11 Å². The largest absolute Gasteiger partial charge is 0.396 e. The maximum Gasteiger partial charge on any atom is 0.0444 e. The van der Waals surface area contributed by atoms with Crippen molar-refractivity contribution in [3.8, 4) is 0 Å². The van der Waals surface area contributed by atoms with Gasteiger partial charge in [-0.25, -0.2) is 0 Å². The molecule has 0 fully saturated rings. The van der Waals surface area contributed by atoms with Crippen LogP contribution in [0, 0.1) is 0 Å². The smallest absolute Gasteiger partial charge is 0.0444 e. The van der Waals surface area contributed by atoms with Gasteiger partial charge in [0.1, 0.15) is 0 Å². The second-order valence-corrected chi connectivity index (χ2v) is 5.72. The molecule has 1 nitrogen and oxygen atoms in total. The fourth-order valence-electron chi connectivity index (χ4n) is 0.956. The molecule has 11 heavy (non-hydrogen) atoms. The summed E-state index contributed by atoms with van der Waals surface area (Å²) in [6.07, 6.45) is 2.10. The molecule has 2 heteroatoms. The van der Waals surface area contributed by atoms with Crippen molar-refractivity contribution in [1.29, 1.82) is 0 Å². The molecule has 0 aromatic rings. The fraction of sp³-hybridized carbons (Fsp3) is 1.00. The molecule has 0 aromatic carbocycles. The Kier molecular flexibility index (Phi) is 5.19. The summed E-state index contributed by atoms with van der Waals surface area (Å²) in [6.45, 7) is 9.13. The van der Waals surface area contributed by atoms with Gasteiger partial charge in [0.2, 0.25) is 0 Å². The molecular weight excluding hydrogens is 156 g/mol. The molecule has 0 aromatic heterocycles. The van der Waals surface area contributed by atoms with Crippen LogP contribution in [0.4, 0.5) is 0 Å². The van der Waals surface area contributed by atoms with E-state index in [4.69, 9.17) is 5.11 Å². The summed E-state index contributed by atoms with van der Waals surface area (Å²) >= 11 is 1.97. The van der Waals surface area contributed by atoms with Crippen LogP contribution in [0.3, 0.4) is 0 Å². The highest BCUT2D eigenvalue weighted by molar-refractivity contribution is 8.01. The molecule has 0 saturated carbocycles. The molecular formula is C9H20OS. The molecule has 0 aliphatic rings. The van der Waals surface area contributed by atoms with Crippen molar-refractivity contribution < 1.29 is 5.11 Å². The van der Waals surface area contributed by atoms with Gasteiger partial charge in [-0.3, -0.25) is 0 Å². The van der Waals surface area contributed by atoms with Gasteiger partial charge >= 0.3 is 0 Å². The summed E-state index contributed by atoms with van der Waals surface area (Å²) in [5.41, 5.74) is 0. The predicted octanol–water partition coefficient (Wildman–Crippen LogP) is 2.68. The van der Waals surface area contributed by atoms with Gasteiger partial charge in [0.05, 0.1) is 0 Å². The Morgan fingerprint density at radius 1 is 1.45 bits per heavy atom. The van der Waals surface area contributed by atoms with Crippen molar-refractivity contribution in [3.63, 3.8) is 0 Å². The summed E-state index contributed by atoms with van der Waals surface area (Å²) in [7, 11) is 0. The van der Waals surface area contributed by atoms with Gasteiger partial charge in [0.25, 0.3) is 0 Å². The molecule has 0 rings (SSSR count). The third-order valence-electron chi connectivity index (χ3n) is 1.81. The first-order valence-corrected chi connectivity index (χ1v) is 5.18. The first kappa shape index (κ1) is 11.3. The van der Waals surface area contributed by atoms with E-state index in [-0.39, 0.29) is 4.75 Å². The minimum Gasteiger partial charge on any atom is -0.396 e. The summed E-state index contributed by atoms with van der Waals surface area (Å²) in [5, 5.41) is 9.48. The lowest BCUT2D eigenvalue weighted by molar-refractivity contribution is 0.275. The Bertz CT molecular complexity index is 102. The highest BCUT2D eigenvalue weighted by atomic mass is 32.2. The van der Waals surface area contributed by atoms with Crippen molar-refractivity contribution >= 4 is 11.8 Å². The van der Waals surface area contributed by atoms with Gasteiger partial charge in [0, 0.05) is 16.6 Å². The van der Waals surface area contributed by atoms with Crippen LogP contribution < -0.4 is 0 Å². The first-order chi connectivity index (χ1) is 5.02. The van der Waals surface area contributed by atoms with Crippen molar-refractivity contribution in [2.75, 3.05) is 6.61 Å². The lowest BCUT2D eigenvalue weighted by Gasteiger charge is -2.26. The van der Waals surface area contributed by atoms with Crippen LogP contribution >= 0.6 is 11.8 Å². The lowest BCUT2D eigenvalue weighted by Crippen LogP contribution is -2.19. The second-order valence-electron chi connectivity index (χ2n) is 3.57. The second kappa shape index (κ2) is 5.04. The van der Waals surface area contributed by atoms with Crippen LogP contribution in [0.1, 0.15) is 40.5 Å². The lowest BCUT2D eigenvalue weighted by atomic mass is 10.1. The number of aliphatic hydroxyl groups excluding tert-OH is 1. The van der Waals surface area contributed by atoms with Gasteiger partial charge in [-0.2, -0.15) is 11.8 Å². The topological polar surface area (TPSA) is 20.2 Å². The van der Waals surface area contributed by atoms with E-state index in [1.165, 1.54) is 6.42 Å². The van der Waals surface area contributed by atoms with E-state index >= 15 is 0 Å². The molecule has 1 unspecified atom stereocenters. The van der Waals surface area contributed by atoms with E-state index in [9.17, 15) is 0 Å². The molecule has 0 radical (unpaired) electrons. The van der Waals surface area contributed by atoms with Gasteiger partial charge in [-0.05, 0) is 12.8 Å². The van der Waals surface area contributed by atoms with E-state index in [2.05, 4.69) is 27.7 Å². The Morgan fingerprint density at radius 3 is 2.36 bits per heavy atom. The fourth-order valence-corrected chi connectivity index (χ4v) is 2.42. The average molecular weight is 176 g/mol. The van der Waals surface area contributed by atoms with Crippen LogP contribution in [-0.4, -0.2) is 21.7 Å². The summed E-state index contributed by atoms with van der Waals surface area (Å²) in [6, 6.07) is 0. The van der Waals surface area contributed by atoms with Gasteiger partial charge in [-0.15, -0.1) is 0 Å². The highest BCUT2D eigenvalue weighted by Crippen LogP contribution is 2.32. The third kappa shape index (κ3) is 5.57. The average Bonchev–Trinajstić information content (AvgIpc) is 1.86. The van der Waals surface area contributed by atoms with Crippen LogP contribution in [0.15, 0.2) is 0 Å². The molecule has 0 spiro atoms. The number of aliphatic hydroxyl groups is 1. The zero-order valence-electron chi connectivity index (χ0n) is 8.05. The molecule has 0 aliphatic carbocycles. The SMILES string of the molecule is CCC(C)SC(C)(C)CCO. The zero-order valence-corrected chi connectivity index (χ0v) is 8.87. The van der Waals surface area contributed by atoms with Gasteiger partial charge in [0.15, 0.2) is 0 Å². The van der Waals surface area contributed by atoms with Crippen LogP contribution in [0.5, 0.6) is 0 Å². The van der Waals surface area contributed by atoms with Gasteiger partial charge in [-0.1, -0.05) is 27.7 Å². The van der Waals surface area contributed by atoms with E-state index in [0.29, 0.717) is 11.9 Å². The third-order valence-corrected chi connectivity index (χ3v) is 3.39. The molecule has 68 valence electrons. The van der Waals surface area contributed by atoms with Crippen molar-refractivity contribution in [1.82, 2.24) is 0 Å². The molecule has 1 N–H and O–H groups in total. The molecule has 0 saturated heterocycles. The van der Waals surface area contributed by atoms with Crippen LogP contribution in [-0.2, 0) is 0 Å². The summed E-state index contributed by atoms with van der Waals surface area (Å²) < 4.78 is 0.240. The highest BCUT2D eigenvalue weighted by Gasteiger charge is 2.19. The minimum absolute atomic E-state index is 0.240. The molecule has 0 amide bonds. The maximum atomic E-state index is 8.77. The Balaban J connectivity index is 3.70. The molecule has 0 aliphatic heterocycles. The van der Waals surface area contributed by atoms with E-state index < -0.39 is 0 Å². The Labute approximate surface area is 74.6 Å². The zero-order chi connectivity index (χ0) is 8.91. The number of thioether (sulfide) groups is 1. The molecule has 1 atom stereocenters. The van der Waals surface area contributed by atoms with E-state index in [0.717, 1.165) is 6.42 Å². The number of hydrogen-bond donors (Lipinski definition) is 1. The normalized spacial score (nSPS) is 15.0. The van der Waals surface area contributed by atoms with E-state index in [1.807, 2.05) is 11.8 Å². The quantitative estimate of drug-likeness (QED) is 0.695. The Morgan fingerprint density at radius 2 is 2.00 bits per heavy atom. The summed E-state index contributed by atoms with van der Waals surface area (Å²) in [5.74, 6) is 0. The van der Waals surface area contributed by atoms with Crippen LogP contribution in [0.2, 0.25) is 0 Å². The van der Waals surface area contributed by atoms with Crippen molar-refractivity contribution in [2.24, 2.45) is 0 Å². The first-order valence-electron chi connectivity index (χ1n) is 4.30. The minimum atomic E-state index is 0.240. The number of hydrogen-bond acceptors (Lipinski definition) is 2. The molecule has 0 bridgehead atoms.